The molecule has 1 aliphatic heterocycles. The van der Waals surface area contributed by atoms with Gasteiger partial charge < -0.3 is 14.8 Å². The fourth-order valence-electron chi connectivity index (χ4n) is 2.96. The van der Waals surface area contributed by atoms with Crippen molar-refractivity contribution in [2.45, 2.75) is 6.42 Å². The van der Waals surface area contributed by atoms with Crippen molar-refractivity contribution < 1.29 is 23.9 Å². The summed E-state index contributed by atoms with van der Waals surface area (Å²) in [5.41, 5.74) is 1.92. The number of carbonyl (C=O) groups excluding carboxylic acids is 3. The van der Waals surface area contributed by atoms with Gasteiger partial charge in [-0.15, -0.1) is 0 Å². The second-order valence-electron chi connectivity index (χ2n) is 6.12. The number of fused-ring (bicyclic) bond motifs is 1. The first kappa shape index (κ1) is 18.4. The fourth-order valence-corrected chi connectivity index (χ4v) is 2.96. The van der Waals surface area contributed by atoms with Crippen molar-refractivity contribution in [3.63, 3.8) is 0 Å². The van der Waals surface area contributed by atoms with Gasteiger partial charge in [0.15, 0.2) is 11.5 Å². The van der Waals surface area contributed by atoms with E-state index in [0.29, 0.717) is 35.6 Å². The molecule has 0 bridgehead atoms. The topological polar surface area (TPSA) is 84.9 Å². The lowest BCUT2D eigenvalue weighted by atomic mass is 10.1. The monoisotopic (exact) mass is 368 g/mol. The van der Waals surface area contributed by atoms with E-state index in [0.717, 1.165) is 10.5 Å². The van der Waals surface area contributed by atoms with Gasteiger partial charge in [-0.1, -0.05) is 6.07 Å². The van der Waals surface area contributed by atoms with Crippen LogP contribution >= 0.6 is 0 Å². The molecule has 0 aromatic heterocycles. The van der Waals surface area contributed by atoms with Crippen molar-refractivity contribution >= 4 is 17.7 Å². The minimum atomic E-state index is -0.394. The first-order valence-corrected chi connectivity index (χ1v) is 8.41. The van der Waals surface area contributed by atoms with E-state index in [1.807, 2.05) is 18.2 Å². The number of nitrogens with one attached hydrogen (secondary N) is 1. The van der Waals surface area contributed by atoms with E-state index < -0.39 is 5.91 Å². The molecule has 1 heterocycles. The van der Waals surface area contributed by atoms with Gasteiger partial charge in [0.1, 0.15) is 0 Å². The molecule has 2 aromatic rings. The Morgan fingerprint density at radius 3 is 2.37 bits per heavy atom. The summed E-state index contributed by atoms with van der Waals surface area (Å²) in [6, 6.07) is 10.1. The third kappa shape index (κ3) is 3.48. The van der Waals surface area contributed by atoms with Crippen LogP contribution in [0.15, 0.2) is 36.4 Å². The quantitative estimate of drug-likeness (QED) is 0.787. The normalized spacial score (nSPS) is 12.8. The van der Waals surface area contributed by atoms with Crippen molar-refractivity contribution in [1.29, 1.82) is 0 Å². The summed E-state index contributed by atoms with van der Waals surface area (Å²) in [7, 11) is 4.57. The summed E-state index contributed by atoms with van der Waals surface area (Å²) >= 11 is 0. The van der Waals surface area contributed by atoms with Crippen molar-refractivity contribution in [3.05, 3.63) is 58.7 Å². The Morgan fingerprint density at radius 2 is 1.67 bits per heavy atom. The lowest BCUT2D eigenvalue weighted by Gasteiger charge is -2.10. The molecule has 27 heavy (non-hydrogen) atoms. The van der Waals surface area contributed by atoms with E-state index >= 15 is 0 Å². The van der Waals surface area contributed by atoms with Crippen LogP contribution in [0.1, 0.15) is 36.6 Å². The van der Waals surface area contributed by atoms with Gasteiger partial charge >= 0.3 is 0 Å². The van der Waals surface area contributed by atoms with E-state index in [4.69, 9.17) is 9.47 Å². The second kappa shape index (κ2) is 7.49. The standard InChI is InChI=1S/C20H20N2O5/c1-22-19(24)14-6-5-13(11-15(14)20(22)25)18(23)21-9-8-12-4-7-16(26-2)17(10-12)27-3/h4-7,10-11H,8-9H2,1-3H3,(H,21,23). The molecule has 0 atom stereocenters. The highest BCUT2D eigenvalue weighted by molar-refractivity contribution is 6.21. The zero-order valence-electron chi connectivity index (χ0n) is 15.4. The first-order valence-electron chi connectivity index (χ1n) is 8.41. The number of amides is 3. The maximum absolute atomic E-state index is 12.4. The summed E-state index contributed by atoms with van der Waals surface area (Å²) in [5.74, 6) is 0.235. The zero-order chi connectivity index (χ0) is 19.6. The zero-order valence-corrected chi connectivity index (χ0v) is 15.4. The van der Waals surface area contributed by atoms with Crippen LogP contribution in [0.2, 0.25) is 0 Å². The van der Waals surface area contributed by atoms with Crippen LogP contribution < -0.4 is 14.8 Å². The van der Waals surface area contributed by atoms with Gasteiger partial charge in [-0.2, -0.15) is 0 Å². The molecule has 7 nitrogen and oxygen atoms in total. The van der Waals surface area contributed by atoms with Gasteiger partial charge in [0.25, 0.3) is 17.7 Å². The Labute approximate surface area is 156 Å². The number of hydrogen-bond donors (Lipinski definition) is 1. The molecule has 0 unspecified atom stereocenters. The maximum atomic E-state index is 12.4. The van der Waals surface area contributed by atoms with Gasteiger partial charge in [0.05, 0.1) is 25.3 Å². The molecule has 0 saturated heterocycles. The predicted octanol–water partition coefficient (Wildman–Crippen LogP) is 1.90. The molecular formula is C20H20N2O5. The predicted molar refractivity (Wildman–Crippen MR) is 98.4 cm³/mol. The third-order valence-corrected chi connectivity index (χ3v) is 4.50. The molecule has 0 radical (unpaired) electrons. The number of carbonyl (C=O) groups is 3. The second-order valence-corrected chi connectivity index (χ2v) is 6.12. The van der Waals surface area contributed by atoms with Gasteiger partial charge in [-0.25, -0.2) is 0 Å². The number of hydrogen-bond acceptors (Lipinski definition) is 5. The van der Waals surface area contributed by atoms with Crippen LogP contribution in [-0.4, -0.2) is 50.4 Å². The largest absolute Gasteiger partial charge is 0.493 e. The Kier molecular flexibility index (Phi) is 5.12. The molecular weight excluding hydrogens is 348 g/mol. The summed E-state index contributed by atoms with van der Waals surface area (Å²) in [4.78, 5) is 37.4. The minimum absolute atomic E-state index is 0.259. The van der Waals surface area contributed by atoms with Crippen LogP contribution in [0.5, 0.6) is 11.5 Å². The minimum Gasteiger partial charge on any atom is -0.493 e. The van der Waals surface area contributed by atoms with Crippen LogP contribution in [-0.2, 0) is 6.42 Å². The highest BCUT2D eigenvalue weighted by Crippen LogP contribution is 2.27. The third-order valence-electron chi connectivity index (χ3n) is 4.50. The Hall–Kier alpha value is -3.35. The molecule has 140 valence electrons. The van der Waals surface area contributed by atoms with Crippen LogP contribution in [0.3, 0.4) is 0 Å². The fraction of sp³-hybridized carbons (Fsp3) is 0.250. The van der Waals surface area contributed by atoms with Crippen LogP contribution in [0.25, 0.3) is 0 Å². The molecule has 7 heteroatoms. The highest BCUT2D eigenvalue weighted by atomic mass is 16.5. The number of methoxy groups -OCH3 is 2. The van der Waals surface area contributed by atoms with Gasteiger partial charge in [-0.05, 0) is 42.3 Å². The molecule has 0 aliphatic carbocycles. The molecule has 0 spiro atoms. The number of rotatable bonds is 6. The number of nitrogens with zero attached hydrogens (tertiary/aromatic N) is 1. The smallest absolute Gasteiger partial charge is 0.261 e. The van der Waals surface area contributed by atoms with E-state index in [-0.39, 0.29) is 17.4 Å². The van der Waals surface area contributed by atoms with Gasteiger partial charge in [-0.3, -0.25) is 19.3 Å². The lowest BCUT2D eigenvalue weighted by Crippen LogP contribution is -2.26. The van der Waals surface area contributed by atoms with Gasteiger partial charge in [0.2, 0.25) is 0 Å². The van der Waals surface area contributed by atoms with E-state index in [1.54, 1.807) is 20.3 Å². The molecule has 3 rings (SSSR count). The Morgan fingerprint density at radius 1 is 0.963 bits per heavy atom. The van der Waals surface area contributed by atoms with Crippen molar-refractivity contribution in [2.24, 2.45) is 0 Å². The van der Waals surface area contributed by atoms with Crippen molar-refractivity contribution in [3.8, 4) is 11.5 Å². The van der Waals surface area contributed by atoms with Gasteiger partial charge in [0, 0.05) is 19.2 Å². The average molecular weight is 368 g/mol. The van der Waals surface area contributed by atoms with Crippen molar-refractivity contribution in [2.75, 3.05) is 27.8 Å². The Balaban J connectivity index is 1.64. The van der Waals surface area contributed by atoms with E-state index in [1.165, 1.54) is 19.2 Å². The molecule has 0 fully saturated rings. The molecule has 0 saturated carbocycles. The van der Waals surface area contributed by atoms with E-state index in [9.17, 15) is 14.4 Å². The maximum Gasteiger partial charge on any atom is 0.261 e. The molecule has 1 aliphatic rings. The van der Waals surface area contributed by atoms with Crippen molar-refractivity contribution in [1.82, 2.24) is 10.2 Å². The average Bonchev–Trinajstić information content (AvgIpc) is 2.91. The molecule has 3 amide bonds. The number of benzene rings is 2. The summed E-state index contributed by atoms with van der Waals surface area (Å²) < 4.78 is 10.5. The van der Waals surface area contributed by atoms with Crippen LogP contribution in [0, 0.1) is 0 Å². The Bertz CT molecular complexity index is 923. The highest BCUT2D eigenvalue weighted by Gasteiger charge is 2.33. The van der Waals surface area contributed by atoms with Crippen LogP contribution in [0.4, 0.5) is 0 Å². The molecule has 2 aromatic carbocycles. The molecule has 1 N–H and O–H groups in total. The first-order chi connectivity index (χ1) is 13.0. The lowest BCUT2D eigenvalue weighted by molar-refractivity contribution is 0.0693. The number of imide groups is 1. The summed E-state index contributed by atoms with van der Waals surface area (Å²) in [6.07, 6.45) is 0.608. The summed E-state index contributed by atoms with van der Waals surface area (Å²) in [5, 5.41) is 2.82. The van der Waals surface area contributed by atoms with E-state index in [2.05, 4.69) is 5.32 Å². The summed E-state index contributed by atoms with van der Waals surface area (Å²) in [6.45, 7) is 0.415. The SMILES string of the molecule is COc1ccc(CCNC(=O)c2ccc3c(c2)C(=O)N(C)C3=O)cc1OC. The number of ether oxygens (including phenoxy) is 2.